The minimum Gasteiger partial charge on any atom is -0.373 e. The molecule has 0 aromatic carbocycles. The van der Waals surface area contributed by atoms with Gasteiger partial charge in [0, 0.05) is 57.3 Å². The molecular weight excluding hydrogens is 392 g/mol. The zero-order valence-electron chi connectivity index (χ0n) is 17.3. The lowest BCUT2D eigenvalue weighted by atomic mass is 10.1. The van der Waals surface area contributed by atoms with E-state index in [0.717, 1.165) is 68.0 Å². The monoisotopic (exact) mass is 416 g/mol. The Morgan fingerprint density at radius 2 is 2.03 bits per heavy atom. The molecule has 3 aromatic rings. The second-order valence-electron chi connectivity index (χ2n) is 8.11. The molecule has 5 heterocycles. The summed E-state index contributed by atoms with van der Waals surface area (Å²) in [5.74, 6) is 0.908. The third-order valence-corrected chi connectivity index (χ3v) is 6.03. The van der Waals surface area contributed by atoms with Crippen LogP contribution in [0.2, 0.25) is 0 Å². The van der Waals surface area contributed by atoms with Gasteiger partial charge >= 0.3 is 0 Å². The maximum atomic E-state index is 12.5. The standard InChI is InChI=1S/C23H24N6O2/c24-12-16-3-4-22(26-13-16)29-7-5-28(6-8-29)15-17-10-20-19(25-14-17)11-18(23(30)27-20)21-2-1-9-31-21/h3-4,10-11,13-14,21H,1-2,5-9,15H2,(H,27,30)/t21-/m0/s1. The first kappa shape index (κ1) is 19.7. The van der Waals surface area contributed by atoms with Gasteiger partial charge in [0.2, 0.25) is 0 Å². The van der Waals surface area contributed by atoms with Gasteiger partial charge in [0.1, 0.15) is 11.9 Å². The van der Waals surface area contributed by atoms with Gasteiger partial charge in [-0.05, 0) is 42.7 Å². The predicted octanol–water partition coefficient (Wildman–Crippen LogP) is 2.36. The number of rotatable bonds is 4. The number of ether oxygens (including phenoxy) is 1. The Bertz CT molecular complexity index is 1170. The largest absolute Gasteiger partial charge is 0.373 e. The first-order chi connectivity index (χ1) is 15.2. The van der Waals surface area contributed by atoms with E-state index in [4.69, 9.17) is 10.00 Å². The molecule has 2 aliphatic heterocycles. The van der Waals surface area contributed by atoms with E-state index in [1.807, 2.05) is 24.4 Å². The summed E-state index contributed by atoms with van der Waals surface area (Å²) in [7, 11) is 0. The van der Waals surface area contributed by atoms with Gasteiger partial charge in [0.15, 0.2) is 0 Å². The number of nitriles is 1. The third kappa shape index (κ3) is 4.15. The molecule has 8 heteroatoms. The Kier molecular flexibility index (Phi) is 5.37. The summed E-state index contributed by atoms with van der Waals surface area (Å²) >= 11 is 0. The SMILES string of the molecule is N#Cc1ccc(N2CCN(Cc3cnc4cc([C@@H]5CCCO5)c(=O)[nH]c4c3)CC2)nc1. The minimum atomic E-state index is -0.114. The molecule has 0 saturated carbocycles. The van der Waals surface area contributed by atoms with Crippen molar-refractivity contribution in [3.63, 3.8) is 0 Å². The molecule has 1 N–H and O–H groups in total. The highest BCUT2D eigenvalue weighted by molar-refractivity contribution is 5.75. The molecule has 158 valence electrons. The molecule has 0 radical (unpaired) electrons. The number of H-pyrrole nitrogens is 1. The normalized spacial score (nSPS) is 19.6. The van der Waals surface area contributed by atoms with Crippen molar-refractivity contribution in [2.24, 2.45) is 0 Å². The Balaban J connectivity index is 1.25. The number of piperazine rings is 1. The fraction of sp³-hybridized carbons (Fsp3) is 0.391. The summed E-state index contributed by atoms with van der Waals surface area (Å²) in [6.45, 7) is 5.07. The van der Waals surface area contributed by atoms with Crippen LogP contribution in [0.4, 0.5) is 5.82 Å². The molecule has 5 rings (SSSR count). The van der Waals surface area contributed by atoms with Crippen LogP contribution in [0.3, 0.4) is 0 Å². The fourth-order valence-corrected chi connectivity index (χ4v) is 4.32. The predicted molar refractivity (Wildman–Crippen MR) is 117 cm³/mol. The number of pyridine rings is 3. The van der Waals surface area contributed by atoms with Gasteiger partial charge in [-0.25, -0.2) is 4.98 Å². The Morgan fingerprint density at radius 3 is 2.74 bits per heavy atom. The molecule has 8 nitrogen and oxygen atoms in total. The summed E-state index contributed by atoms with van der Waals surface area (Å²) in [6, 6.07) is 9.71. The highest BCUT2D eigenvalue weighted by Gasteiger charge is 2.22. The Hall–Kier alpha value is -3.28. The number of hydrogen-bond acceptors (Lipinski definition) is 7. The van der Waals surface area contributed by atoms with Gasteiger partial charge in [0.05, 0.1) is 22.7 Å². The summed E-state index contributed by atoms with van der Waals surface area (Å²) in [5, 5.41) is 8.92. The van der Waals surface area contributed by atoms with Crippen molar-refractivity contribution in [3.8, 4) is 6.07 Å². The minimum absolute atomic E-state index is 0.0816. The summed E-state index contributed by atoms with van der Waals surface area (Å²) in [4.78, 5) is 29.1. The number of nitrogens with one attached hydrogen (secondary N) is 1. The van der Waals surface area contributed by atoms with E-state index in [1.165, 1.54) is 0 Å². The molecule has 0 spiro atoms. The van der Waals surface area contributed by atoms with E-state index < -0.39 is 0 Å². The van der Waals surface area contributed by atoms with Crippen LogP contribution in [0.25, 0.3) is 11.0 Å². The Labute approximate surface area is 180 Å². The average molecular weight is 416 g/mol. The van der Waals surface area contributed by atoms with Crippen molar-refractivity contribution < 1.29 is 4.74 Å². The first-order valence-corrected chi connectivity index (χ1v) is 10.7. The quantitative estimate of drug-likeness (QED) is 0.697. The molecule has 2 saturated heterocycles. The number of aromatic nitrogens is 3. The van der Waals surface area contributed by atoms with Crippen LogP contribution in [0, 0.1) is 11.3 Å². The van der Waals surface area contributed by atoms with Crippen LogP contribution in [0.15, 0.2) is 41.5 Å². The second kappa shape index (κ2) is 8.46. The number of aromatic amines is 1. The summed E-state index contributed by atoms with van der Waals surface area (Å²) in [5.41, 5.74) is 3.82. The van der Waals surface area contributed by atoms with Crippen molar-refractivity contribution >= 4 is 16.9 Å². The molecule has 1 atom stereocenters. The first-order valence-electron chi connectivity index (χ1n) is 10.7. The van der Waals surface area contributed by atoms with Gasteiger partial charge in [-0.1, -0.05) is 0 Å². The van der Waals surface area contributed by atoms with Crippen LogP contribution in [-0.2, 0) is 11.3 Å². The van der Waals surface area contributed by atoms with Crippen molar-refractivity contribution in [2.45, 2.75) is 25.5 Å². The highest BCUT2D eigenvalue weighted by Crippen LogP contribution is 2.27. The third-order valence-electron chi connectivity index (χ3n) is 6.03. The van der Waals surface area contributed by atoms with Crippen molar-refractivity contribution in [1.29, 1.82) is 5.26 Å². The van der Waals surface area contributed by atoms with Gasteiger partial charge in [-0.3, -0.25) is 14.7 Å². The lowest BCUT2D eigenvalue weighted by Gasteiger charge is -2.35. The topological polar surface area (TPSA) is 98.1 Å². The second-order valence-corrected chi connectivity index (χ2v) is 8.11. The molecule has 2 fully saturated rings. The molecule has 31 heavy (non-hydrogen) atoms. The smallest absolute Gasteiger partial charge is 0.254 e. The van der Waals surface area contributed by atoms with E-state index in [0.29, 0.717) is 17.7 Å². The highest BCUT2D eigenvalue weighted by atomic mass is 16.5. The average Bonchev–Trinajstić information content (AvgIpc) is 3.34. The van der Waals surface area contributed by atoms with Crippen LogP contribution in [0.1, 0.15) is 35.6 Å². The molecule has 0 aliphatic carbocycles. The molecule has 0 amide bonds. The number of anilines is 1. The van der Waals surface area contributed by atoms with E-state index in [-0.39, 0.29) is 11.7 Å². The van der Waals surface area contributed by atoms with Gasteiger partial charge in [-0.15, -0.1) is 0 Å². The summed E-state index contributed by atoms with van der Waals surface area (Å²) < 4.78 is 5.67. The van der Waals surface area contributed by atoms with Crippen LogP contribution in [-0.4, -0.2) is 52.6 Å². The molecule has 3 aromatic heterocycles. The maximum absolute atomic E-state index is 12.5. The van der Waals surface area contributed by atoms with Crippen LogP contribution in [0.5, 0.6) is 0 Å². The lowest BCUT2D eigenvalue weighted by molar-refractivity contribution is 0.111. The van der Waals surface area contributed by atoms with Gasteiger partial charge in [-0.2, -0.15) is 5.26 Å². The van der Waals surface area contributed by atoms with Crippen LogP contribution < -0.4 is 10.5 Å². The van der Waals surface area contributed by atoms with E-state index >= 15 is 0 Å². The van der Waals surface area contributed by atoms with Crippen molar-refractivity contribution in [1.82, 2.24) is 19.9 Å². The number of fused-ring (bicyclic) bond motifs is 1. The Morgan fingerprint density at radius 1 is 1.16 bits per heavy atom. The van der Waals surface area contributed by atoms with E-state index in [9.17, 15) is 4.79 Å². The molecular formula is C23H24N6O2. The van der Waals surface area contributed by atoms with Gasteiger partial charge in [0.25, 0.3) is 5.56 Å². The molecule has 0 unspecified atom stereocenters. The maximum Gasteiger partial charge on any atom is 0.254 e. The van der Waals surface area contributed by atoms with Crippen LogP contribution >= 0.6 is 0 Å². The lowest BCUT2D eigenvalue weighted by Crippen LogP contribution is -2.46. The molecule has 0 bridgehead atoms. The van der Waals surface area contributed by atoms with E-state index in [1.54, 1.807) is 12.3 Å². The summed E-state index contributed by atoms with van der Waals surface area (Å²) in [6.07, 6.45) is 5.28. The zero-order valence-corrected chi connectivity index (χ0v) is 17.3. The number of hydrogen-bond donors (Lipinski definition) is 1. The number of nitrogens with zero attached hydrogens (tertiary/aromatic N) is 5. The van der Waals surface area contributed by atoms with Crippen molar-refractivity contribution in [2.75, 3.05) is 37.7 Å². The molecule has 2 aliphatic rings. The van der Waals surface area contributed by atoms with Crippen molar-refractivity contribution in [3.05, 3.63) is 63.7 Å². The van der Waals surface area contributed by atoms with Gasteiger partial charge < -0.3 is 14.6 Å². The van der Waals surface area contributed by atoms with E-state index in [2.05, 4.69) is 30.8 Å². The fourth-order valence-electron chi connectivity index (χ4n) is 4.32. The zero-order chi connectivity index (χ0) is 21.2.